The molecule has 3 heteroatoms. The highest BCUT2D eigenvalue weighted by molar-refractivity contribution is 6.17. The van der Waals surface area contributed by atoms with Gasteiger partial charge in [0.2, 0.25) is 5.91 Å². The third-order valence-corrected chi connectivity index (χ3v) is 10.4. The number of carbonyl (C=O) groups is 1. The van der Waals surface area contributed by atoms with Gasteiger partial charge in [0.15, 0.2) is 0 Å². The van der Waals surface area contributed by atoms with Crippen LogP contribution in [0, 0.1) is 22.2 Å². The molecule has 1 amide bonds. The van der Waals surface area contributed by atoms with Crippen LogP contribution in [0.3, 0.4) is 0 Å². The van der Waals surface area contributed by atoms with E-state index in [4.69, 9.17) is 11.6 Å². The van der Waals surface area contributed by atoms with Crippen LogP contribution in [0.15, 0.2) is 30.3 Å². The number of halogens is 1. The van der Waals surface area contributed by atoms with Crippen molar-refractivity contribution in [1.29, 1.82) is 0 Å². The second-order valence-corrected chi connectivity index (χ2v) is 11.7. The van der Waals surface area contributed by atoms with Crippen LogP contribution in [0.1, 0.15) is 82.6 Å². The van der Waals surface area contributed by atoms with Crippen LogP contribution in [-0.2, 0) is 10.2 Å². The Bertz CT molecular complexity index is 819. The molecule has 6 rings (SSSR count). The van der Waals surface area contributed by atoms with Crippen LogP contribution in [0.25, 0.3) is 0 Å². The Kier molecular flexibility index (Phi) is 4.04. The zero-order chi connectivity index (χ0) is 19.7. The fourth-order valence-electron chi connectivity index (χ4n) is 9.52. The van der Waals surface area contributed by atoms with Crippen molar-refractivity contribution in [2.75, 3.05) is 5.88 Å². The standard InChI is InChI=1S/C26H34ClNO/c27-12-11-24-14-19-13-23(22(29)28-21-9-5-2-6-10-21)16-25(18-24,26(24,15-19)17-23)20-7-3-1-4-8-20/h1,3-4,7-8,19,21H,2,5-6,9-18H2,(H,28,29)/t19?,23?,24-,25-,26?/m1/s1. The van der Waals surface area contributed by atoms with E-state index in [1.807, 2.05) is 0 Å². The molecule has 5 aliphatic carbocycles. The van der Waals surface area contributed by atoms with Crippen LogP contribution >= 0.6 is 11.6 Å². The number of amides is 1. The predicted octanol–water partition coefficient (Wildman–Crippen LogP) is 5.97. The van der Waals surface area contributed by atoms with E-state index in [-0.39, 0.29) is 10.8 Å². The lowest BCUT2D eigenvalue weighted by Crippen LogP contribution is -2.62. The molecular formula is C26H34ClNO. The third-order valence-electron chi connectivity index (χ3n) is 10.2. The van der Waals surface area contributed by atoms with Gasteiger partial charge in [0, 0.05) is 17.3 Å². The largest absolute Gasteiger partial charge is 0.353 e. The number of alkyl halides is 1. The maximum Gasteiger partial charge on any atom is 0.226 e. The van der Waals surface area contributed by atoms with E-state index in [0.717, 1.165) is 37.5 Å². The number of carbonyl (C=O) groups excluding carboxylic acids is 1. The van der Waals surface area contributed by atoms with Crippen molar-refractivity contribution < 1.29 is 4.79 Å². The van der Waals surface area contributed by atoms with Gasteiger partial charge in [-0.25, -0.2) is 0 Å². The highest BCUT2D eigenvalue weighted by Gasteiger charge is 2.84. The number of rotatable bonds is 5. The number of nitrogens with one attached hydrogen (secondary N) is 1. The molecule has 0 aliphatic heterocycles. The second kappa shape index (κ2) is 6.25. The Labute approximate surface area is 180 Å². The topological polar surface area (TPSA) is 29.1 Å². The molecule has 5 fully saturated rings. The van der Waals surface area contributed by atoms with Crippen molar-refractivity contribution in [1.82, 2.24) is 5.32 Å². The molecule has 5 atom stereocenters. The molecular weight excluding hydrogens is 378 g/mol. The summed E-state index contributed by atoms with van der Waals surface area (Å²) in [6.45, 7) is 0. The number of fused-ring (bicyclic) bond motifs is 2. The molecule has 5 aliphatic rings. The quantitative estimate of drug-likeness (QED) is 0.594. The first-order valence-electron chi connectivity index (χ1n) is 12.0. The minimum atomic E-state index is -0.138. The summed E-state index contributed by atoms with van der Waals surface area (Å²) < 4.78 is 0. The maximum atomic E-state index is 13.8. The lowest BCUT2D eigenvalue weighted by molar-refractivity contribution is -0.137. The normalized spacial score (nSPS) is 45.1. The van der Waals surface area contributed by atoms with E-state index in [9.17, 15) is 4.79 Å². The molecule has 0 saturated heterocycles. The van der Waals surface area contributed by atoms with Crippen LogP contribution in [0.2, 0.25) is 0 Å². The smallest absolute Gasteiger partial charge is 0.226 e. The summed E-state index contributed by atoms with van der Waals surface area (Å²) in [6, 6.07) is 11.6. The summed E-state index contributed by atoms with van der Waals surface area (Å²) in [5, 5.41) is 3.56. The van der Waals surface area contributed by atoms with Crippen molar-refractivity contribution in [3.63, 3.8) is 0 Å². The molecule has 3 unspecified atom stereocenters. The van der Waals surface area contributed by atoms with Crippen molar-refractivity contribution in [2.24, 2.45) is 22.2 Å². The summed E-state index contributed by atoms with van der Waals surface area (Å²) in [6.07, 6.45) is 14.6. The molecule has 156 valence electrons. The van der Waals surface area contributed by atoms with Gasteiger partial charge < -0.3 is 5.32 Å². The molecule has 1 aromatic carbocycles. The molecule has 5 saturated carbocycles. The second-order valence-electron chi connectivity index (χ2n) is 11.3. The Morgan fingerprint density at radius 1 is 1.00 bits per heavy atom. The van der Waals surface area contributed by atoms with Crippen LogP contribution in [0.5, 0.6) is 0 Å². The van der Waals surface area contributed by atoms with E-state index < -0.39 is 0 Å². The number of hydrogen-bond acceptors (Lipinski definition) is 1. The summed E-state index contributed by atoms with van der Waals surface area (Å²) >= 11 is 6.36. The van der Waals surface area contributed by atoms with Gasteiger partial charge in [-0.15, -0.1) is 11.6 Å². The van der Waals surface area contributed by atoms with Crippen LogP contribution in [-0.4, -0.2) is 17.8 Å². The SMILES string of the molecule is O=C(NC1CCCCC1)C12CC3CC4(C1)[C@](CCCl)(C3)C[C@@]4(c1ccccc1)C2. The molecule has 1 aromatic rings. The number of hydrogen-bond donors (Lipinski definition) is 1. The van der Waals surface area contributed by atoms with Gasteiger partial charge in [0.1, 0.15) is 0 Å². The summed E-state index contributed by atoms with van der Waals surface area (Å²) in [7, 11) is 0. The summed E-state index contributed by atoms with van der Waals surface area (Å²) in [4.78, 5) is 13.8. The fraction of sp³-hybridized carbons (Fsp3) is 0.731. The summed E-state index contributed by atoms with van der Waals surface area (Å²) in [5.41, 5.74) is 2.26. The van der Waals surface area contributed by atoms with Crippen molar-refractivity contribution in [2.45, 2.75) is 88.5 Å². The van der Waals surface area contributed by atoms with Gasteiger partial charge in [-0.1, -0.05) is 49.6 Å². The van der Waals surface area contributed by atoms with Crippen molar-refractivity contribution in [3.8, 4) is 0 Å². The van der Waals surface area contributed by atoms with Gasteiger partial charge >= 0.3 is 0 Å². The first-order valence-corrected chi connectivity index (χ1v) is 12.5. The molecule has 29 heavy (non-hydrogen) atoms. The zero-order valence-corrected chi connectivity index (χ0v) is 18.3. The van der Waals surface area contributed by atoms with Gasteiger partial charge in [-0.3, -0.25) is 4.79 Å². The highest BCUT2D eigenvalue weighted by atomic mass is 35.5. The van der Waals surface area contributed by atoms with E-state index in [0.29, 0.717) is 22.8 Å². The van der Waals surface area contributed by atoms with E-state index in [1.54, 1.807) is 0 Å². The Morgan fingerprint density at radius 3 is 2.55 bits per heavy atom. The Balaban J connectivity index is 1.39. The molecule has 0 heterocycles. The lowest BCUT2D eigenvalue weighted by Gasteiger charge is -2.67. The average Bonchev–Trinajstić information content (AvgIpc) is 3.03. The van der Waals surface area contributed by atoms with Crippen LogP contribution < -0.4 is 5.32 Å². The van der Waals surface area contributed by atoms with Crippen molar-refractivity contribution in [3.05, 3.63) is 35.9 Å². The fourth-order valence-corrected chi connectivity index (χ4v) is 9.88. The molecule has 1 spiro atoms. The Morgan fingerprint density at radius 2 is 1.79 bits per heavy atom. The monoisotopic (exact) mass is 411 g/mol. The van der Waals surface area contributed by atoms with Gasteiger partial charge in [0.25, 0.3) is 0 Å². The van der Waals surface area contributed by atoms with Gasteiger partial charge in [-0.05, 0) is 80.1 Å². The minimum absolute atomic E-state index is 0.138. The highest BCUT2D eigenvalue weighted by Crippen LogP contribution is 2.89. The average molecular weight is 412 g/mol. The summed E-state index contributed by atoms with van der Waals surface area (Å²) in [5.74, 6) is 1.89. The molecule has 1 N–H and O–H groups in total. The Hall–Kier alpha value is -1.02. The first kappa shape index (κ1) is 18.7. The van der Waals surface area contributed by atoms with Gasteiger partial charge in [-0.2, -0.15) is 0 Å². The minimum Gasteiger partial charge on any atom is -0.353 e. The molecule has 2 nitrogen and oxygen atoms in total. The zero-order valence-electron chi connectivity index (χ0n) is 17.5. The molecule has 0 radical (unpaired) electrons. The molecule has 0 aromatic heterocycles. The van der Waals surface area contributed by atoms with E-state index in [1.165, 1.54) is 56.9 Å². The third kappa shape index (κ3) is 2.28. The lowest BCUT2D eigenvalue weighted by atomic mass is 9.36. The predicted molar refractivity (Wildman–Crippen MR) is 117 cm³/mol. The van der Waals surface area contributed by atoms with E-state index in [2.05, 4.69) is 35.6 Å². The van der Waals surface area contributed by atoms with Crippen LogP contribution in [0.4, 0.5) is 0 Å². The maximum absolute atomic E-state index is 13.8. The molecule has 3 bridgehead atoms. The van der Waals surface area contributed by atoms with E-state index >= 15 is 0 Å². The first-order chi connectivity index (χ1) is 14.1. The van der Waals surface area contributed by atoms with Crippen molar-refractivity contribution >= 4 is 17.5 Å². The number of benzene rings is 1. The van der Waals surface area contributed by atoms with Gasteiger partial charge in [0.05, 0.1) is 5.41 Å².